The van der Waals surface area contributed by atoms with Crippen LogP contribution in [0.1, 0.15) is 50.5 Å². The fraction of sp³-hybridized carbons (Fsp3) is 0.407. The molecule has 0 fully saturated rings. The number of carbonyl (C=O) groups is 3. The standard InChI is InChI=1S/C27H33N3O7/c1-26(2,3)37-23(32)28-27(4,5)17-30(25(34)35-16-18-10-8-7-9-11-18)15-21(31)19-12-13-20-22(14-19)36-24(33)29(20)6/h7-14H,15-17H2,1-6H3,(H,28,32). The number of hydrogen-bond donors (Lipinski definition) is 1. The molecule has 0 aliphatic carbocycles. The molecule has 10 nitrogen and oxygen atoms in total. The Balaban J connectivity index is 1.79. The van der Waals surface area contributed by atoms with Gasteiger partial charge in [-0.1, -0.05) is 30.3 Å². The van der Waals surface area contributed by atoms with Gasteiger partial charge in [-0.25, -0.2) is 14.4 Å². The van der Waals surface area contributed by atoms with Crippen LogP contribution in [0, 0.1) is 0 Å². The van der Waals surface area contributed by atoms with E-state index in [9.17, 15) is 19.2 Å². The van der Waals surface area contributed by atoms with Crippen molar-refractivity contribution >= 4 is 29.1 Å². The molecule has 2 aromatic carbocycles. The van der Waals surface area contributed by atoms with E-state index in [1.807, 2.05) is 30.3 Å². The minimum Gasteiger partial charge on any atom is -0.445 e. The van der Waals surface area contributed by atoms with Crippen LogP contribution in [0.25, 0.3) is 11.1 Å². The summed E-state index contributed by atoms with van der Waals surface area (Å²) in [5.74, 6) is -0.932. The van der Waals surface area contributed by atoms with E-state index < -0.39 is 34.9 Å². The lowest BCUT2D eigenvalue weighted by Gasteiger charge is -2.33. The van der Waals surface area contributed by atoms with E-state index in [1.165, 1.54) is 15.5 Å². The summed E-state index contributed by atoms with van der Waals surface area (Å²) in [7, 11) is 1.57. The molecule has 1 aromatic heterocycles. The first-order chi connectivity index (χ1) is 17.2. The fourth-order valence-electron chi connectivity index (χ4n) is 3.66. The molecule has 1 heterocycles. The minimum atomic E-state index is -0.954. The third-order valence-corrected chi connectivity index (χ3v) is 5.34. The lowest BCUT2D eigenvalue weighted by molar-refractivity contribution is 0.0429. The van der Waals surface area contributed by atoms with Crippen LogP contribution in [0.15, 0.2) is 57.7 Å². The Morgan fingerprint density at radius 2 is 1.70 bits per heavy atom. The van der Waals surface area contributed by atoms with Crippen LogP contribution in [-0.4, -0.2) is 51.7 Å². The normalized spacial score (nSPS) is 11.7. The van der Waals surface area contributed by atoms with Gasteiger partial charge in [-0.05, 0) is 58.4 Å². The van der Waals surface area contributed by atoms with Gasteiger partial charge in [-0.15, -0.1) is 0 Å². The van der Waals surface area contributed by atoms with E-state index in [0.29, 0.717) is 5.52 Å². The van der Waals surface area contributed by atoms with E-state index in [4.69, 9.17) is 13.9 Å². The molecule has 0 spiro atoms. The Bertz CT molecular complexity index is 1330. The fourth-order valence-corrected chi connectivity index (χ4v) is 3.66. The van der Waals surface area contributed by atoms with Crippen molar-refractivity contribution in [1.82, 2.24) is 14.8 Å². The molecule has 198 valence electrons. The van der Waals surface area contributed by atoms with Crippen molar-refractivity contribution < 1.29 is 28.3 Å². The predicted octanol–water partition coefficient (Wildman–Crippen LogP) is 4.26. The maximum Gasteiger partial charge on any atom is 0.419 e. The molecule has 0 bridgehead atoms. The number of carbonyl (C=O) groups excluding carboxylic acids is 3. The van der Waals surface area contributed by atoms with Gasteiger partial charge in [0.1, 0.15) is 12.2 Å². The summed E-state index contributed by atoms with van der Waals surface area (Å²) in [6.45, 7) is 8.33. The number of fused-ring (bicyclic) bond motifs is 1. The van der Waals surface area contributed by atoms with Gasteiger partial charge in [0.05, 0.1) is 17.6 Å². The molecular formula is C27H33N3O7. The highest BCUT2D eigenvalue weighted by molar-refractivity contribution is 6.01. The average molecular weight is 512 g/mol. The molecule has 0 saturated carbocycles. The summed E-state index contributed by atoms with van der Waals surface area (Å²) < 4.78 is 17.3. The van der Waals surface area contributed by atoms with Crippen molar-refractivity contribution in [2.75, 3.05) is 13.1 Å². The number of aryl methyl sites for hydroxylation is 1. The van der Waals surface area contributed by atoms with Crippen molar-refractivity contribution in [1.29, 1.82) is 0 Å². The second-order valence-electron chi connectivity index (χ2n) is 10.4. The number of Topliss-reactive ketones (excluding diaryl/α,β-unsaturated/α-hetero) is 1. The van der Waals surface area contributed by atoms with Crippen molar-refractivity contribution in [2.24, 2.45) is 7.05 Å². The van der Waals surface area contributed by atoms with Gasteiger partial charge < -0.3 is 19.2 Å². The monoisotopic (exact) mass is 511 g/mol. The summed E-state index contributed by atoms with van der Waals surface area (Å²) in [5, 5.41) is 2.74. The number of nitrogens with one attached hydrogen (secondary N) is 1. The number of alkyl carbamates (subject to hydrolysis) is 1. The third kappa shape index (κ3) is 7.70. The Morgan fingerprint density at radius 1 is 1.03 bits per heavy atom. The zero-order chi connectivity index (χ0) is 27.4. The lowest BCUT2D eigenvalue weighted by Crippen LogP contribution is -2.54. The largest absolute Gasteiger partial charge is 0.445 e. The minimum absolute atomic E-state index is 0.0193. The molecule has 0 aliphatic rings. The van der Waals surface area contributed by atoms with E-state index in [0.717, 1.165) is 5.56 Å². The van der Waals surface area contributed by atoms with Gasteiger partial charge in [0.2, 0.25) is 0 Å². The maximum absolute atomic E-state index is 13.2. The average Bonchev–Trinajstić information content (AvgIpc) is 3.08. The summed E-state index contributed by atoms with van der Waals surface area (Å²) >= 11 is 0. The SMILES string of the molecule is Cn1c(=O)oc2cc(C(=O)CN(CC(C)(C)NC(=O)OC(C)(C)C)C(=O)OCc3ccccc3)ccc21. The zero-order valence-electron chi connectivity index (χ0n) is 22.0. The first-order valence-electron chi connectivity index (χ1n) is 11.8. The molecule has 1 N–H and O–H groups in total. The Labute approximate surface area is 215 Å². The summed E-state index contributed by atoms with van der Waals surface area (Å²) in [6.07, 6.45) is -1.37. The topological polar surface area (TPSA) is 120 Å². The Hall–Kier alpha value is -4.08. The quantitative estimate of drug-likeness (QED) is 0.449. The predicted molar refractivity (Wildman–Crippen MR) is 137 cm³/mol. The van der Waals surface area contributed by atoms with Gasteiger partial charge in [0.15, 0.2) is 11.4 Å². The van der Waals surface area contributed by atoms with Crippen molar-refractivity contribution in [3.8, 4) is 0 Å². The molecule has 0 radical (unpaired) electrons. The number of nitrogens with zero attached hydrogens (tertiary/aromatic N) is 2. The van der Waals surface area contributed by atoms with Crippen molar-refractivity contribution in [3.63, 3.8) is 0 Å². The second kappa shape index (κ2) is 10.9. The van der Waals surface area contributed by atoms with Crippen molar-refractivity contribution in [3.05, 3.63) is 70.2 Å². The zero-order valence-corrected chi connectivity index (χ0v) is 22.0. The first kappa shape index (κ1) is 27.5. The molecule has 0 saturated heterocycles. The third-order valence-electron chi connectivity index (χ3n) is 5.34. The van der Waals surface area contributed by atoms with E-state index >= 15 is 0 Å². The molecule has 0 aliphatic heterocycles. The highest BCUT2D eigenvalue weighted by Gasteiger charge is 2.31. The molecule has 2 amide bonds. The van der Waals surface area contributed by atoms with Crippen LogP contribution in [0.4, 0.5) is 9.59 Å². The summed E-state index contributed by atoms with van der Waals surface area (Å²) in [4.78, 5) is 51.7. The number of ketones is 1. The van der Waals surface area contributed by atoms with Crippen LogP contribution in [0.5, 0.6) is 0 Å². The van der Waals surface area contributed by atoms with E-state index in [1.54, 1.807) is 53.8 Å². The van der Waals surface area contributed by atoms with Crippen LogP contribution in [-0.2, 0) is 23.1 Å². The smallest absolute Gasteiger partial charge is 0.419 e. The van der Waals surface area contributed by atoms with Gasteiger partial charge in [0.25, 0.3) is 0 Å². The molecule has 0 atom stereocenters. The molecular weight excluding hydrogens is 478 g/mol. The number of amides is 2. The van der Waals surface area contributed by atoms with E-state index in [-0.39, 0.29) is 30.8 Å². The molecule has 3 rings (SSSR count). The molecule has 0 unspecified atom stereocenters. The van der Waals surface area contributed by atoms with Crippen LogP contribution in [0.2, 0.25) is 0 Å². The number of oxazole rings is 1. The summed E-state index contributed by atoms with van der Waals surface area (Å²) in [6, 6.07) is 13.8. The number of aromatic nitrogens is 1. The van der Waals surface area contributed by atoms with Crippen molar-refractivity contribution in [2.45, 2.75) is 52.4 Å². The molecule has 3 aromatic rings. The number of ether oxygens (including phenoxy) is 2. The van der Waals surface area contributed by atoms with Crippen LogP contribution < -0.4 is 11.1 Å². The van der Waals surface area contributed by atoms with Gasteiger partial charge in [-0.3, -0.25) is 14.3 Å². The van der Waals surface area contributed by atoms with Crippen LogP contribution in [0.3, 0.4) is 0 Å². The number of benzene rings is 2. The number of hydrogen-bond acceptors (Lipinski definition) is 7. The Kier molecular flexibility index (Phi) is 8.10. The number of rotatable bonds is 8. The second-order valence-corrected chi connectivity index (χ2v) is 10.4. The Morgan fingerprint density at radius 3 is 2.35 bits per heavy atom. The lowest BCUT2D eigenvalue weighted by atomic mass is 10.0. The van der Waals surface area contributed by atoms with Gasteiger partial charge >= 0.3 is 17.9 Å². The van der Waals surface area contributed by atoms with Gasteiger partial charge in [0, 0.05) is 19.2 Å². The molecule has 10 heteroatoms. The maximum atomic E-state index is 13.2. The molecule has 37 heavy (non-hydrogen) atoms. The van der Waals surface area contributed by atoms with Crippen LogP contribution >= 0.6 is 0 Å². The highest BCUT2D eigenvalue weighted by Crippen LogP contribution is 2.17. The van der Waals surface area contributed by atoms with Gasteiger partial charge in [-0.2, -0.15) is 0 Å². The summed E-state index contributed by atoms with van der Waals surface area (Å²) in [5.41, 5.74) is 0.213. The van der Waals surface area contributed by atoms with E-state index in [2.05, 4.69) is 5.32 Å². The highest BCUT2D eigenvalue weighted by atomic mass is 16.6. The first-order valence-corrected chi connectivity index (χ1v) is 11.8.